The van der Waals surface area contributed by atoms with Crippen LogP contribution in [-0.2, 0) is 0 Å². The van der Waals surface area contributed by atoms with Gasteiger partial charge in [-0.15, -0.1) is 0 Å². The highest BCUT2D eigenvalue weighted by molar-refractivity contribution is 5.64. The zero-order valence-corrected chi connectivity index (χ0v) is 13.6. The van der Waals surface area contributed by atoms with Crippen molar-refractivity contribution in [3.05, 3.63) is 95.8 Å². The minimum atomic E-state index is -1.43. The number of hydrogen-bond donors (Lipinski definition) is 0. The molecular formula is C21H19F3. The molecule has 0 bridgehead atoms. The van der Waals surface area contributed by atoms with Gasteiger partial charge in [0.25, 0.3) is 0 Å². The first kappa shape index (κ1) is 17.8. The highest BCUT2D eigenvalue weighted by Crippen LogP contribution is 2.25. The smallest absolute Gasteiger partial charge is 0.194 e. The second-order valence-electron chi connectivity index (χ2n) is 5.69. The fraction of sp³-hybridized carbons (Fsp3) is 0.143. The molecular weight excluding hydrogens is 309 g/mol. The summed E-state index contributed by atoms with van der Waals surface area (Å²) in [5, 5.41) is 0. The molecule has 124 valence electrons. The van der Waals surface area contributed by atoms with Crippen LogP contribution < -0.4 is 0 Å². The topological polar surface area (TPSA) is 0 Å². The van der Waals surface area contributed by atoms with E-state index in [4.69, 9.17) is 0 Å². The summed E-state index contributed by atoms with van der Waals surface area (Å²) in [4.78, 5) is 0. The summed E-state index contributed by atoms with van der Waals surface area (Å²) >= 11 is 0. The zero-order valence-electron chi connectivity index (χ0n) is 13.6. The van der Waals surface area contributed by atoms with Crippen LogP contribution in [0.2, 0.25) is 0 Å². The third-order valence-electron chi connectivity index (χ3n) is 3.56. The van der Waals surface area contributed by atoms with Crippen LogP contribution >= 0.6 is 0 Å². The van der Waals surface area contributed by atoms with Crippen LogP contribution in [0.3, 0.4) is 0 Å². The molecule has 24 heavy (non-hydrogen) atoms. The molecule has 0 fully saturated rings. The number of rotatable bonds is 2. The predicted octanol–water partition coefficient (Wildman–Crippen LogP) is 6.58. The summed E-state index contributed by atoms with van der Waals surface area (Å²) in [6.45, 7) is 4.12. The molecule has 0 aromatic heterocycles. The maximum absolute atomic E-state index is 13.1. The van der Waals surface area contributed by atoms with Crippen molar-refractivity contribution in [2.24, 2.45) is 0 Å². The van der Waals surface area contributed by atoms with Gasteiger partial charge >= 0.3 is 0 Å². The summed E-state index contributed by atoms with van der Waals surface area (Å²) in [6.07, 6.45) is 0. The van der Waals surface area contributed by atoms with E-state index in [1.165, 1.54) is 0 Å². The van der Waals surface area contributed by atoms with E-state index >= 15 is 0 Å². The standard InChI is InChI=1S/C15H13F3.C6H6/c1-9(2)10-3-5-11(6-4-10)12-7-13(16)15(18)14(17)8-12;1-2-4-6-5-3-1/h3-9H,1-2H3;1-6H. The SMILES string of the molecule is CC(C)c1ccc(-c2cc(F)c(F)c(F)c2)cc1.c1ccccc1. The van der Waals surface area contributed by atoms with Gasteiger partial charge in [-0.3, -0.25) is 0 Å². The Morgan fingerprint density at radius 3 is 1.42 bits per heavy atom. The Kier molecular flexibility index (Phi) is 6.19. The summed E-state index contributed by atoms with van der Waals surface area (Å²) in [6, 6.07) is 21.4. The molecule has 3 aromatic carbocycles. The molecule has 3 aromatic rings. The molecule has 0 saturated carbocycles. The maximum atomic E-state index is 13.1. The summed E-state index contributed by atoms with van der Waals surface area (Å²) in [5.41, 5.74) is 2.14. The molecule has 0 amide bonds. The molecule has 0 radical (unpaired) electrons. The van der Waals surface area contributed by atoms with Crippen molar-refractivity contribution in [2.45, 2.75) is 19.8 Å². The predicted molar refractivity (Wildman–Crippen MR) is 92.3 cm³/mol. The van der Waals surface area contributed by atoms with Gasteiger partial charge in [0.15, 0.2) is 17.5 Å². The maximum Gasteiger partial charge on any atom is 0.194 e. The Bertz CT molecular complexity index is 713. The van der Waals surface area contributed by atoms with Crippen LogP contribution in [0, 0.1) is 17.5 Å². The fourth-order valence-electron chi connectivity index (χ4n) is 2.17. The summed E-state index contributed by atoms with van der Waals surface area (Å²) in [5.74, 6) is -3.38. The third-order valence-corrected chi connectivity index (χ3v) is 3.56. The number of hydrogen-bond acceptors (Lipinski definition) is 0. The first-order chi connectivity index (χ1) is 11.5. The molecule has 0 unspecified atom stereocenters. The second kappa shape index (κ2) is 8.34. The second-order valence-corrected chi connectivity index (χ2v) is 5.69. The van der Waals surface area contributed by atoms with Crippen LogP contribution in [0.15, 0.2) is 72.8 Å². The van der Waals surface area contributed by atoms with Crippen LogP contribution in [0.5, 0.6) is 0 Å². The Morgan fingerprint density at radius 1 is 0.625 bits per heavy atom. The van der Waals surface area contributed by atoms with Crippen molar-refractivity contribution >= 4 is 0 Å². The molecule has 0 heterocycles. The lowest BCUT2D eigenvalue weighted by atomic mass is 9.98. The average Bonchev–Trinajstić information content (AvgIpc) is 2.61. The van der Waals surface area contributed by atoms with Gasteiger partial charge in [-0.1, -0.05) is 74.5 Å². The lowest BCUT2D eigenvalue weighted by molar-refractivity contribution is 0.448. The van der Waals surface area contributed by atoms with Crippen LogP contribution in [0.1, 0.15) is 25.3 Å². The number of halogens is 3. The summed E-state index contributed by atoms with van der Waals surface area (Å²) < 4.78 is 39.1. The van der Waals surface area contributed by atoms with Gasteiger partial charge in [0.2, 0.25) is 0 Å². The Hall–Kier alpha value is -2.55. The summed E-state index contributed by atoms with van der Waals surface area (Å²) in [7, 11) is 0. The molecule has 3 heteroatoms. The molecule has 3 rings (SSSR count). The van der Waals surface area contributed by atoms with E-state index in [1.54, 1.807) is 12.1 Å². The molecule has 0 aliphatic carbocycles. The largest absolute Gasteiger partial charge is 0.204 e. The molecule has 0 aliphatic rings. The molecule has 0 atom stereocenters. The normalized spacial score (nSPS) is 10.2. The van der Waals surface area contributed by atoms with E-state index in [-0.39, 0.29) is 0 Å². The van der Waals surface area contributed by atoms with Gasteiger partial charge in [-0.05, 0) is 34.7 Å². The first-order valence-corrected chi connectivity index (χ1v) is 7.74. The van der Waals surface area contributed by atoms with Crippen LogP contribution in [0.4, 0.5) is 13.2 Å². The van der Waals surface area contributed by atoms with E-state index in [0.29, 0.717) is 17.0 Å². The monoisotopic (exact) mass is 328 g/mol. The fourth-order valence-corrected chi connectivity index (χ4v) is 2.17. The first-order valence-electron chi connectivity index (χ1n) is 7.74. The van der Waals surface area contributed by atoms with E-state index in [1.807, 2.05) is 48.5 Å². The van der Waals surface area contributed by atoms with Crippen molar-refractivity contribution in [1.29, 1.82) is 0 Å². The molecule has 0 saturated heterocycles. The van der Waals surface area contributed by atoms with Crippen molar-refractivity contribution in [3.8, 4) is 11.1 Å². The van der Waals surface area contributed by atoms with Gasteiger partial charge in [0, 0.05) is 0 Å². The Labute approximate surface area is 140 Å². The Balaban J connectivity index is 0.000000292. The Morgan fingerprint density at radius 2 is 1.04 bits per heavy atom. The van der Waals surface area contributed by atoms with E-state index in [0.717, 1.165) is 17.7 Å². The average molecular weight is 328 g/mol. The van der Waals surface area contributed by atoms with Gasteiger partial charge in [0.1, 0.15) is 0 Å². The van der Waals surface area contributed by atoms with Gasteiger partial charge < -0.3 is 0 Å². The third kappa shape index (κ3) is 4.72. The highest BCUT2D eigenvalue weighted by atomic mass is 19.2. The molecule has 0 spiro atoms. The number of benzene rings is 3. The van der Waals surface area contributed by atoms with Gasteiger partial charge in [-0.2, -0.15) is 0 Å². The van der Waals surface area contributed by atoms with Crippen molar-refractivity contribution in [3.63, 3.8) is 0 Å². The minimum absolute atomic E-state index is 0.335. The van der Waals surface area contributed by atoms with Crippen molar-refractivity contribution in [2.75, 3.05) is 0 Å². The van der Waals surface area contributed by atoms with Gasteiger partial charge in [0.05, 0.1) is 0 Å². The molecule has 0 N–H and O–H groups in total. The van der Waals surface area contributed by atoms with E-state index in [2.05, 4.69) is 13.8 Å². The van der Waals surface area contributed by atoms with Crippen molar-refractivity contribution in [1.82, 2.24) is 0 Å². The lowest BCUT2D eigenvalue weighted by Gasteiger charge is -2.07. The lowest BCUT2D eigenvalue weighted by Crippen LogP contribution is -1.92. The molecule has 0 nitrogen and oxygen atoms in total. The van der Waals surface area contributed by atoms with Crippen LogP contribution in [-0.4, -0.2) is 0 Å². The van der Waals surface area contributed by atoms with Gasteiger partial charge in [-0.25, -0.2) is 13.2 Å². The zero-order chi connectivity index (χ0) is 17.5. The minimum Gasteiger partial charge on any atom is -0.204 e. The van der Waals surface area contributed by atoms with E-state index in [9.17, 15) is 13.2 Å². The van der Waals surface area contributed by atoms with Crippen LogP contribution in [0.25, 0.3) is 11.1 Å². The molecule has 0 aliphatic heterocycles. The van der Waals surface area contributed by atoms with Crippen molar-refractivity contribution < 1.29 is 13.2 Å². The quantitative estimate of drug-likeness (QED) is 0.466. The van der Waals surface area contributed by atoms with E-state index < -0.39 is 17.5 Å². The highest BCUT2D eigenvalue weighted by Gasteiger charge is 2.11.